The van der Waals surface area contributed by atoms with Gasteiger partial charge in [0.15, 0.2) is 5.82 Å². The second kappa shape index (κ2) is 9.18. The number of benzene rings is 1. The molecule has 2 amide bonds. The topological polar surface area (TPSA) is 93.5 Å². The van der Waals surface area contributed by atoms with Crippen molar-refractivity contribution < 1.29 is 18.8 Å². The van der Waals surface area contributed by atoms with Crippen molar-refractivity contribution in [2.24, 2.45) is 0 Å². The van der Waals surface area contributed by atoms with Gasteiger partial charge in [0.2, 0.25) is 11.8 Å². The summed E-state index contributed by atoms with van der Waals surface area (Å²) in [6.45, 7) is 1.58. The predicted molar refractivity (Wildman–Crippen MR) is 107 cm³/mol. The number of hydrogen-bond donors (Lipinski definition) is 2. The van der Waals surface area contributed by atoms with Crippen molar-refractivity contribution >= 4 is 29.0 Å². The fraction of sp³-hybridized carbons (Fsp3) is 0.250. The van der Waals surface area contributed by atoms with Crippen molar-refractivity contribution in [3.8, 4) is 5.75 Å². The number of thiophene rings is 1. The zero-order valence-corrected chi connectivity index (χ0v) is 16.4. The molecule has 2 N–H and O–H groups in total. The van der Waals surface area contributed by atoms with E-state index >= 15 is 0 Å². The molecule has 2 heterocycles. The third-order valence-electron chi connectivity index (χ3n) is 4.14. The van der Waals surface area contributed by atoms with Gasteiger partial charge in [0, 0.05) is 10.9 Å². The van der Waals surface area contributed by atoms with E-state index in [1.54, 1.807) is 31.4 Å². The minimum atomic E-state index is -0.411. The molecule has 1 atom stereocenters. The third-order valence-corrected chi connectivity index (χ3v) is 5.04. The summed E-state index contributed by atoms with van der Waals surface area (Å²) in [5.74, 6) is 0.640. The molecule has 0 radical (unpaired) electrons. The van der Waals surface area contributed by atoms with Gasteiger partial charge in [-0.2, -0.15) is 0 Å². The number of carbonyl (C=O) groups is 2. The highest BCUT2D eigenvalue weighted by Gasteiger charge is 2.22. The van der Waals surface area contributed by atoms with E-state index in [1.807, 2.05) is 41.8 Å². The summed E-state index contributed by atoms with van der Waals surface area (Å²) in [6.07, 6.45) is 0.555. The summed E-state index contributed by atoms with van der Waals surface area (Å²) >= 11 is 1.60. The molecular weight excluding hydrogens is 378 g/mol. The van der Waals surface area contributed by atoms with Crippen LogP contribution in [-0.4, -0.2) is 30.6 Å². The second-order valence-electron chi connectivity index (χ2n) is 6.20. The van der Waals surface area contributed by atoms with Gasteiger partial charge in [-0.25, -0.2) is 0 Å². The monoisotopic (exact) mass is 399 g/mol. The van der Waals surface area contributed by atoms with Gasteiger partial charge in [-0.3, -0.25) is 9.59 Å². The van der Waals surface area contributed by atoms with Crippen molar-refractivity contribution in [2.75, 3.05) is 19.0 Å². The minimum absolute atomic E-state index is 0.151. The van der Waals surface area contributed by atoms with E-state index in [4.69, 9.17) is 9.26 Å². The highest BCUT2D eigenvalue weighted by atomic mass is 32.1. The molecule has 0 saturated heterocycles. The molecule has 1 unspecified atom stereocenters. The van der Waals surface area contributed by atoms with Crippen LogP contribution in [0.15, 0.2) is 52.4 Å². The largest absolute Gasteiger partial charge is 0.497 e. The molecule has 8 heteroatoms. The lowest BCUT2D eigenvalue weighted by Gasteiger charge is -2.17. The van der Waals surface area contributed by atoms with Crippen molar-refractivity contribution in [1.29, 1.82) is 0 Å². The number of hydrogen-bond acceptors (Lipinski definition) is 6. The van der Waals surface area contributed by atoms with Gasteiger partial charge in [-0.05, 0) is 42.5 Å². The fourth-order valence-corrected chi connectivity index (χ4v) is 3.48. The quantitative estimate of drug-likeness (QED) is 0.607. The summed E-state index contributed by atoms with van der Waals surface area (Å²) < 4.78 is 10.1. The van der Waals surface area contributed by atoms with Crippen LogP contribution in [0.3, 0.4) is 0 Å². The van der Waals surface area contributed by atoms with E-state index in [-0.39, 0.29) is 18.4 Å². The van der Waals surface area contributed by atoms with Crippen LogP contribution in [0.2, 0.25) is 0 Å². The molecule has 0 saturated carbocycles. The van der Waals surface area contributed by atoms with E-state index in [1.165, 1.54) is 0 Å². The van der Waals surface area contributed by atoms with Crippen molar-refractivity contribution in [3.05, 3.63) is 64.0 Å². The molecule has 0 fully saturated rings. The van der Waals surface area contributed by atoms with Crippen molar-refractivity contribution in [1.82, 2.24) is 10.5 Å². The fourth-order valence-electron chi connectivity index (χ4n) is 2.73. The second-order valence-corrected chi connectivity index (χ2v) is 7.23. The maximum atomic E-state index is 12.8. The lowest BCUT2D eigenvalue weighted by Crippen LogP contribution is -2.36. The van der Waals surface area contributed by atoms with E-state index in [2.05, 4.69) is 15.8 Å². The predicted octanol–water partition coefficient (Wildman–Crippen LogP) is 3.13. The standard InChI is InChI=1S/C20H21N3O4S/c1-13-10-18(23-27-13)22-19(24)12-21-20(25)17(11-16-4-3-9-28-16)14-5-7-15(26-2)8-6-14/h3-10,17H,11-12H2,1-2H3,(H,21,25)(H,22,23,24). The van der Waals surface area contributed by atoms with Crippen LogP contribution >= 0.6 is 11.3 Å². The Bertz CT molecular complexity index is 919. The van der Waals surface area contributed by atoms with Crippen LogP contribution < -0.4 is 15.4 Å². The molecule has 3 aromatic rings. The summed E-state index contributed by atoms with van der Waals surface area (Å²) in [5.41, 5.74) is 0.860. The third kappa shape index (κ3) is 5.20. The number of aryl methyl sites for hydroxylation is 1. The molecule has 146 valence electrons. The van der Waals surface area contributed by atoms with Crippen LogP contribution in [0.1, 0.15) is 22.1 Å². The smallest absolute Gasteiger partial charge is 0.245 e. The highest BCUT2D eigenvalue weighted by Crippen LogP contribution is 2.25. The Morgan fingerprint density at radius 1 is 1.25 bits per heavy atom. The van der Waals surface area contributed by atoms with E-state index < -0.39 is 5.92 Å². The lowest BCUT2D eigenvalue weighted by molar-refractivity contribution is -0.125. The number of nitrogens with zero attached hydrogens (tertiary/aromatic N) is 1. The number of amides is 2. The van der Waals surface area contributed by atoms with Crippen LogP contribution in [0.25, 0.3) is 0 Å². The number of aromatic nitrogens is 1. The minimum Gasteiger partial charge on any atom is -0.497 e. The number of carbonyl (C=O) groups excluding carboxylic acids is 2. The molecule has 3 rings (SSSR count). The summed E-state index contributed by atoms with van der Waals surface area (Å²) in [6, 6.07) is 12.9. The average molecular weight is 399 g/mol. The Morgan fingerprint density at radius 2 is 2.04 bits per heavy atom. The molecule has 7 nitrogen and oxygen atoms in total. The first kappa shape index (κ1) is 19.6. The van der Waals surface area contributed by atoms with Crippen LogP contribution in [0.4, 0.5) is 5.82 Å². The van der Waals surface area contributed by atoms with Gasteiger partial charge in [-0.1, -0.05) is 23.4 Å². The van der Waals surface area contributed by atoms with Gasteiger partial charge in [-0.15, -0.1) is 11.3 Å². The van der Waals surface area contributed by atoms with Gasteiger partial charge < -0.3 is 19.9 Å². The number of ether oxygens (including phenoxy) is 1. The Balaban J connectivity index is 1.66. The molecule has 0 aliphatic rings. The Hall–Kier alpha value is -3.13. The number of nitrogens with one attached hydrogen (secondary N) is 2. The molecule has 0 aliphatic heterocycles. The number of rotatable bonds is 8. The lowest BCUT2D eigenvalue weighted by atomic mass is 9.94. The zero-order valence-electron chi connectivity index (χ0n) is 15.6. The van der Waals surface area contributed by atoms with Crippen LogP contribution in [-0.2, 0) is 16.0 Å². The van der Waals surface area contributed by atoms with Crippen LogP contribution in [0, 0.1) is 6.92 Å². The van der Waals surface area contributed by atoms with Gasteiger partial charge in [0.05, 0.1) is 19.6 Å². The first-order valence-corrected chi connectivity index (χ1v) is 9.60. The highest BCUT2D eigenvalue weighted by molar-refractivity contribution is 7.09. The molecule has 0 aliphatic carbocycles. The Labute approximate surface area is 166 Å². The van der Waals surface area contributed by atoms with Gasteiger partial charge >= 0.3 is 0 Å². The van der Waals surface area contributed by atoms with E-state index in [0.29, 0.717) is 18.0 Å². The van der Waals surface area contributed by atoms with Crippen LogP contribution in [0.5, 0.6) is 5.75 Å². The summed E-state index contributed by atoms with van der Waals surface area (Å²) in [4.78, 5) is 26.0. The van der Waals surface area contributed by atoms with E-state index in [9.17, 15) is 9.59 Å². The number of anilines is 1. The SMILES string of the molecule is COc1ccc(C(Cc2cccs2)C(=O)NCC(=O)Nc2cc(C)on2)cc1. The normalized spacial score (nSPS) is 11.6. The first-order valence-electron chi connectivity index (χ1n) is 8.72. The maximum Gasteiger partial charge on any atom is 0.245 e. The number of methoxy groups -OCH3 is 1. The average Bonchev–Trinajstić information content (AvgIpc) is 3.36. The summed E-state index contributed by atoms with van der Waals surface area (Å²) in [7, 11) is 1.60. The Kier molecular flexibility index (Phi) is 6.44. The molecule has 28 heavy (non-hydrogen) atoms. The molecule has 1 aromatic carbocycles. The molecule has 2 aromatic heterocycles. The van der Waals surface area contributed by atoms with Crippen molar-refractivity contribution in [2.45, 2.75) is 19.3 Å². The molecule has 0 spiro atoms. The maximum absolute atomic E-state index is 12.8. The van der Waals surface area contributed by atoms with Gasteiger partial charge in [0.1, 0.15) is 11.5 Å². The Morgan fingerprint density at radius 3 is 2.64 bits per heavy atom. The first-order chi connectivity index (χ1) is 13.5. The summed E-state index contributed by atoms with van der Waals surface area (Å²) in [5, 5.41) is 11.0. The molecule has 0 bridgehead atoms. The zero-order chi connectivity index (χ0) is 19.9. The van der Waals surface area contributed by atoms with Crippen molar-refractivity contribution in [3.63, 3.8) is 0 Å². The van der Waals surface area contributed by atoms with Gasteiger partial charge in [0.25, 0.3) is 0 Å². The van der Waals surface area contributed by atoms with E-state index in [0.717, 1.165) is 16.2 Å². The molecular formula is C20H21N3O4S.